The lowest BCUT2D eigenvalue weighted by Crippen LogP contribution is -2.61. The minimum absolute atomic E-state index is 0.0279. The number of pyridine rings is 1. The number of aromatic nitrogens is 1. The van der Waals surface area contributed by atoms with Gasteiger partial charge in [-0.3, -0.25) is 9.59 Å². The number of hydrogen-bond donors (Lipinski definition) is 3. The van der Waals surface area contributed by atoms with Crippen molar-refractivity contribution in [2.24, 2.45) is 21.9 Å². The number of hydrogen-bond acceptors (Lipinski definition) is 9. The van der Waals surface area contributed by atoms with Crippen LogP contribution in [-0.4, -0.2) is 77.5 Å². The molecular weight excluding hydrogens is 579 g/mol. The van der Waals surface area contributed by atoms with Crippen LogP contribution in [0.1, 0.15) is 41.8 Å². The zero-order chi connectivity index (χ0) is 31.6. The van der Waals surface area contributed by atoms with Gasteiger partial charge in [0.2, 0.25) is 5.91 Å². The Morgan fingerprint density at radius 3 is 2.50 bits per heavy atom. The van der Waals surface area contributed by atoms with E-state index in [-0.39, 0.29) is 41.0 Å². The highest BCUT2D eigenvalue weighted by Crippen LogP contribution is 2.33. The van der Waals surface area contributed by atoms with Crippen LogP contribution in [0.5, 0.6) is 0 Å². The molecule has 2 saturated heterocycles. The van der Waals surface area contributed by atoms with Crippen LogP contribution in [0.25, 0.3) is 5.70 Å². The van der Waals surface area contributed by atoms with E-state index in [4.69, 9.17) is 20.9 Å². The predicted octanol–water partition coefficient (Wildman–Crippen LogP) is 3.17. The van der Waals surface area contributed by atoms with Crippen LogP contribution in [0.15, 0.2) is 65.7 Å². The minimum Gasteiger partial charge on any atom is -0.396 e. The number of carbonyl (C=O) groups excluding carboxylic acids is 2. The van der Waals surface area contributed by atoms with Gasteiger partial charge in [-0.2, -0.15) is 13.2 Å². The monoisotopic (exact) mass is 613 g/mol. The SMILES string of the molecule is CC[C@H]1CO[C@@H](CN2C=CN=C(N)/C2=C(/N)c2ccc(C(=O)Nc3cc(C(F)(F)F)ccn3)cc2)CN1C(=O)C1(C)COC1. The van der Waals surface area contributed by atoms with Crippen molar-refractivity contribution in [1.82, 2.24) is 14.8 Å². The van der Waals surface area contributed by atoms with Gasteiger partial charge in [-0.1, -0.05) is 19.1 Å². The van der Waals surface area contributed by atoms with Crippen LogP contribution in [0.2, 0.25) is 0 Å². The normalized spacial score (nSPS) is 22.6. The van der Waals surface area contributed by atoms with Crippen molar-refractivity contribution >= 4 is 29.2 Å². The molecule has 2 atom stereocenters. The molecule has 0 saturated carbocycles. The summed E-state index contributed by atoms with van der Waals surface area (Å²) in [5, 5.41) is 2.38. The molecule has 4 heterocycles. The molecular formula is C30H34F3N7O4. The van der Waals surface area contributed by atoms with E-state index in [2.05, 4.69) is 15.3 Å². The van der Waals surface area contributed by atoms with Crippen molar-refractivity contribution < 1.29 is 32.2 Å². The van der Waals surface area contributed by atoms with Gasteiger partial charge in [-0.15, -0.1) is 0 Å². The molecule has 0 spiro atoms. The average molecular weight is 614 g/mol. The van der Waals surface area contributed by atoms with Crippen LogP contribution in [-0.2, 0) is 20.4 Å². The van der Waals surface area contributed by atoms with Gasteiger partial charge in [0.25, 0.3) is 5.91 Å². The average Bonchev–Trinajstić information content (AvgIpc) is 2.99. The summed E-state index contributed by atoms with van der Waals surface area (Å²) in [6.07, 6.45) is 0.120. The van der Waals surface area contributed by atoms with E-state index in [9.17, 15) is 22.8 Å². The van der Waals surface area contributed by atoms with E-state index in [1.165, 1.54) is 12.1 Å². The molecule has 2 aromatic rings. The smallest absolute Gasteiger partial charge is 0.396 e. The molecule has 2 amide bonds. The Balaban J connectivity index is 1.30. The Labute approximate surface area is 252 Å². The standard InChI is InChI=1S/C30H34F3N7O4/c1-3-21-15-44-22(14-40(21)28(42)29(2)16-43-17-29)13-39-11-10-37-26(35)25(39)24(34)18-4-6-19(7-5-18)27(41)38-23-12-20(8-9-36-23)30(31,32)33/h4-12,21-22H,3,13-17,34H2,1-2H3,(H2,35,37)(H,36,38,41)/b25-24-/t21-,22-/m0/s1. The Hall–Kier alpha value is -4.43. The number of aliphatic imine (C=N–C) groups is 1. The fraction of sp³-hybridized carbons (Fsp3) is 0.400. The highest BCUT2D eigenvalue weighted by molar-refractivity contribution is 6.05. The minimum atomic E-state index is -4.57. The third kappa shape index (κ3) is 6.40. The number of anilines is 1. The summed E-state index contributed by atoms with van der Waals surface area (Å²) in [6, 6.07) is 7.74. The maximum absolute atomic E-state index is 13.4. The maximum atomic E-state index is 13.4. The second kappa shape index (κ2) is 12.3. The molecule has 234 valence electrons. The number of halogens is 3. The largest absolute Gasteiger partial charge is 0.416 e. The van der Waals surface area contributed by atoms with E-state index < -0.39 is 23.1 Å². The second-order valence-electron chi connectivity index (χ2n) is 11.2. The number of nitrogens with zero attached hydrogens (tertiary/aromatic N) is 4. The Kier molecular flexibility index (Phi) is 8.66. The van der Waals surface area contributed by atoms with Crippen molar-refractivity contribution in [3.05, 3.63) is 77.4 Å². The van der Waals surface area contributed by atoms with Crippen LogP contribution in [0.3, 0.4) is 0 Å². The summed E-state index contributed by atoms with van der Waals surface area (Å²) in [5.74, 6) is -0.631. The van der Waals surface area contributed by atoms with E-state index in [0.29, 0.717) is 44.2 Å². The number of ether oxygens (including phenoxy) is 2. The van der Waals surface area contributed by atoms with E-state index in [1.54, 1.807) is 24.5 Å². The molecule has 0 bridgehead atoms. The molecule has 5 rings (SSSR count). The summed E-state index contributed by atoms with van der Waals surface area (Å²) in [7, 11) is 0. The lowest BCUT2D eigenvalue weighted by Gasteiger charge is -2.47. The van der Waals surface area contributed by atoms with Crippen molar-refractivity contribution in [3.63, 3.8) is 0 Å². The third-order valence-electron chi connectivity index (χ3n) is 7.89. The summed E-state index contributed by atoms with van der Waals surface area (Å²) in [4.78, 5) is 37.8. The van der Waals surface area contributed by atoms with Crippen molar-refractivity contribution in [3.8, 4) is 0 Å². The number of alkyl halides is 3. The van der Waals surface area contributed by atoms with Crippen molar-refractivity contribution in [2.45, 2.75) is 38.6 Å². The molecule has 0 unspecified atom stereocenters. The number of benzene rings is 1. The van der Waals surface area contributed by atoms with Crippen LogP contribution in [0, 0.1) is 5.41 Å². The zero-order valence-corrected chi connectivity index (χ0v) is 24.3. The van der Waals surface area contributed by atoms with Gasteiger partial charge >= 0.3 is 6.18 Å². The number of nitrogens with one attached hydrogen (secondary N) is 1. The topological polar surface area (TPSA) is 148 Å². The number of amides is 2. The van der Waals surface area contributed by atoms with Crippen LogP contribution >= 0.6 is 0 Å². The summed E-state index contributed by atoms with van der Waals surface area (Å²) in [5.41, 5.74) is 12.8. The van der Waals surface area contributed by atoms with Gasteiger partial charge in [0.05, 0.1) is 55.2 Å². The van der Waals surface area contributed by atoms with E-state index in [0.717, 1.165) is 24.8 Å². The first kappa shape index (κ1) is 31.0. The van der Waals surface area contributed by atoms with E-state index >= 15 is 0 Å². The lowest BCUT2D eigenvalue weighted by atomic mass is 9.86. The second-order valence-corrected chi connectivity index (χ2v) is 11.2. The van der Waals surface area contributed by atoms with Gasteiger partial charge in [0.15, 0.2) is 0 Å². The first-order valence-electron chi connectivity index (χ1n) is 14.1. The van der Waals surface area contributed by atoms with Crippen molar-refractivity contribution in [1.29, 1.82) is 0 Å². The number of amidine groups is 1. The van der Waals surface area contributed by atoms with Gasteiger partial charge in [-0.25, -0.2) is 9.98 Å². The zero-order valence-electron chi connectivity index (χ0n) is 24.3. The molecule has 1 aromatic carbocycles. The Morgan fingerprint density at radius 1 is 1.16 bits per heavy atom. The summed E-state index contributed by atoms with van der Waals surface area (Å²) in [6.45, 7) is 5.89. The lowest BCUT2D eigenvalue weighted by molar-refractivity contribution is -0.180. The van der Waals surface area contributed by atoms with Crippen molar-refractivity contribution in [2.75, 3.05) is 38.2 Å². The van der Waals surface area contributed by atoms with Crippen LogP contribution < -0.4 is 16.8 Å². The number of morpholine rings is 1. The Bertz CT molecular complexity index is 1500. The Morgan fingerprint density at radius 2 is 1.86 bits per heavy atom. The fourth-order valence-electron chi connectivity index (χ4n) is 5.28. The number of nitrogens with two attached hydrogens (primary N) is 2. The molecule has 14 heteroatoms. The van der Waals surface area contributed by atoms with Gasteiger partial charge in [0.1, 0.15) is 17.4 Å². The maximum Gasteiger partial charge on any atom is 0.416 e. The summed E-state index contributed by atoms with van der Waals surface area (Å²) >= 11 is 0. The molecule has 11 nitrogen and oxygen atoms in total. The highest BCUT2D eigenvalue weighted by Gasteiger charge is 2.46. The molecule has 44 heavy (non-hydrogen) atoms. The molecule has 0 radical (unpaired) electrons. The fourth-order valence-corrected chi connectivity index (χ4v) is 5.28. The molecule has 1 aromatic heterocycles. The molecule has 3 aliphatic rings. The number of carbonyl (C=O) groups is 2. The van der Waals surface area contributed by atoms with E-state index in [1.807, 2.05) is 23.6 Å². The number of rotatable bonds is 7. The predicted molar refractivity (Wildman–Crippen MR) is 157 cm³/mol. The summed E-state index contributed by atoms with van der Waals surface area (Å²) < 4.78 is 50.5. The molecule has 2 fully saturated rings. The van der Waals surface area contributed by atoms with Gasteiger partial charge in [-0.05, 0) is 43.2 Å². The quantitative estimate of drug-likeness (QED) is 0.432. The van der Waals surface area contributed by atoms with Gasteiger partial charge in [0, 0.05) is 30.7 Å². The molecule has 0 aliphatic carbocycles. The first-order chi connectivity index (χ1) is 20.9. The highest BCUT2D eigenvalue weighted by atomic mass is 19.4. The molecule has 3 aliphatic heterocycles. The van der Waals surface area contributed by atoms with Gasteiger partial charge < -0.3 is 36.1 Å². The first-order valence-corrected chi connectivity index (χ1v) is 14.1. The third-order valence-corrected chi connectivity index (χ3v) is 7.89. The molecule has 5 N–H and O–H groups in total. The van der Waals surface area contributed by atoms with Crippen LogP contribution in [0.4, 0.5) is 19.0 Å².